The van der Waals surface area contributed by atoms with E-state index in [2.05, 4.69) is 22.5 Å². The molecule has 2 aromatic carbocycles. The van der Waals surface area contributed by atoms with Crippen molar-refractivity contribution in [1.29, 1.82) is 5.26 Å². The van der Waals surface area contributed by atoms with Gasteiger partial charge in [-0.05, 0) is 54.7 Å². The molecule has 2 heterocycles. The van der Waals surface area contributed by atoms with Crippen LogP contribution in [0, 0.1) is 11.3 Å². The monoisotopic (exact) mass is 427 g/mol. The molecule has 8 nitrogen and oxygen atoms in total. The summed E-state index contributed by atoms with van der Waals surface area (Å²) in [4.78, 5) is 27.9. The Kier molecular flexibility index (Phi) is 4.86. The van der Waals surface area contributed by atoms with Gasteiger partial charge in [0.1, 0.15) is 17.5 Å². The number of carbonyl (C=O) groups is 2. The van der Waals surface area contributed by atoms with Crippen LogP contribution in [0.4, 0.5) is 11.4 Å². The van der Waals surface area contributed by atoms with Crippen molar-refractivity contribution >= 4 is 23.2 Å². The molecule has 0 atom stereocenters. The van der Waals surface area contributed by atoms with E-state index in [1.54, 1.807) is 21.7 Å². The smallest absolute Gasteiger partial charge is 0.277 e. The standard InChI is InChI=1S/C24H21N5O3/c1-32-21-9-6-18(12-17(21)13-25)27-23(30)20-14-26-29-11-10-28(24(31)22(20)29)19-7-4-16(5-8-19)15-2-3-15/h4-9,12,14-15H,2-3,10-11H2,1H3,(H,27,30). The maximum atomic E-state index is 13.3. The molecular weight excluding hydrogens is 406 g/mol. The van der Waals surface area contributed by atoms with Crippen LogP contribution in [0.1, 0.15) is 50.7 Å². The number of anilines is 2. The molecule has 1 fully saturated rings. The fourth-order valence-corrected chi connectivity index (χ4v) is 4.03. The molecular formula is C24H21N5O3. The second-order valence-corrected chi connectivity index (χ2v) is 7.93. The molecule has 1 saturated carbocycles. The lowest BCUT2D eigenvalue weighted by Crippen LogP contribution is -2.41. The van der Waals surface area contributed by atoms with Gasteiger partial charge in [0.2, 0.25) is 0 Å². The number of hydrogen-bond acceptors (Lipinski definition) is 5. The van der Waals surface area contributed by atoms with Crippen molar-refractivity contribution in [1.82, 2.24) is 9.78 Å². The molecule has 0 spiro atoms. The summed E-state index contributed by atoms with van der Waals surface area (Å²) in [6.07, 6.45) is 3.87. The zero-order valence-corrected chi connectivity index (χ0v) is 17.5. The van der Waals surface area contributed by atoms with Crippen molar-refractivity contribution in [2.45, 2.75) is 25.3 Å². The van der Waals surface area contributed by atoms with Crippen molar-refractivity contribution in [3.63, 3.8) is 0 Å². The van der Waals surface area contributed by atoms with Gasteiger partial charge in [0.05, 0.1) is 31.0 Å². The van der Waals surface area contributed by atoms with E-state index in [1.165, 1.54) is 37.8 Å². The van der Waals surface area contributed by atoms with E-state index < -0.39 is 5.91 Å². The number of hydrogen-bond donors (Lipinski definition) is 1. The Hall–Kier alpha value is -4.12. The van der Waals surface area contributed by atoms with E-state index in [-0.39, 0.29) is 17.2 Å². The molecule has 1 aliphatic heterocycles. The highest BCUT2D eigenvalue weighted by molar-refractivity contribution is 6.15. The minimum Gasteiger partial charge on any atom is -0.495 e. The molecule has 3 aromatic rings. The minimum atomic E-state index is -0.459. The Morgan fingerprint density at radius 2 is 1.97 bits per heavy atom. The molecule has 0 saturated heterocycles. The lowest BCUT2D eigenvalue weighted by Gasteiger charge is -2.28. The quantitative estimate of drug-likeness (QED) is 0.671. The van der Waals surface area contributed by atoms with E-state index in [0.717, 1.165) is 5.69 Å². The third kappa shape index (κ3) is 3.48. The lowest BCUT2D eigenvalue weighted by atomic mass is 10.1. The first-order valence-corrected chi connectivity index (χ1v) is 10.5. The summed E-state index contributed by atoms with van der Waals surface area (Å²) in [5.41, 5.74) is 3.31. The first-order valence-electron chi connectivity index (χ1n) is 10.5. The van der Waals surface area contributed by atoms with Gasteiger partial charge in [0.25, 0.3) is 11.8 Å². The lowest BCUT2D eigenvalue weighted by molar-refractivity contribution is 0.0947. The van der Waals surface area contributed by atoms with Gasteiger partial charge in [-0.25, -0.2) is 0 Å². The first-order chi connectivity index (χ1) is 15.6. The van der Waals surface area contributed by atoms with Gasteiger partial charge in [0.15, 0.2) is 0 Å². The van der Waals surface area contributed by atoms with Crippen molar-refractivity contribution < 1.29 is 14.3 Å². The van der Waals surface area contributed by atoms with Crippen LogP contribution in [0.25, 0.3) is 0 Å². The molecule has 0 bridgehead atoms. The van der Waals surface area contributed by atoms with Crippen LogP contribution in [-0.2, 0) is 6.54 Å². The van der Waals surface area contributed by atoms with E-state index in [9.17, 15) is 14.9 Å². The Morgan fingerprint density at radius 1 is 1.19 bits per heavy atom. The number of nitrogens with zero attached hydrogens (tertiary/aromatic N) is 4. The second kappa shape index (κ2) is 7.85. The molecule has 1 aromatic heterocycles. The van der Waals surface area contributed by atoms with Crippen molar-refractivity contribution in [3.8, 4) is 11.8 Å². The van der Waals surface area contributed by atoms with Crippen LogP contribution in [0.3, 0.4) is 0 Å². The number of methoxy groups -OCH3 is 1. The fraction of sp³-hybridized carbons (Fsp3) is 0.250. The SMILES string of the molecule is COc1ccc(NC(=O)c2cnn3c2C(=O)N(c2ccc(C4CC4)cc2)CC3)cc1C#N. The highest BCUT2D eigenvalue weighted by atomic mass is 16.5. The van der Waals surface area contributed by atoms with E-state index in [1.807, 2.05) is 18.2 Å². The average Bonchev–Trinajstić information content (AvgIpc) is 3.57. The molecule has 2 aliphatic rings. The number of aromatic nitrogens is 2. The third-order valence-corrected chi connectivity index (χ3v) is 5.90. The zero-order chi connectivity index (χ0) is 22.2. The largest absolute Gasteiger partial charge is 0.495 e. The first kappa shape index (κ1) is 19.8. The molecule has 0 unspecified atom stereocenters. The summed E-state index contributed by atoms with van der Waals surface area (Å²) in [5, 5.41) is 16.3. The zero-order valence-electron chi connectivity index (χ0n) is 17.5. The predicted molar refractivity (Wildman–Crippen MR) is 118 cm³/mol. The Bertz CT molecular complexity index is 1250. The summed E-state index contributed by atoms with van der Waals surface area (Å²) in [5.74, 6) is 0.356. The van der Waals surface area contributed by atoms with Crippen LogP contribution >= 0.6 is 0 Å². The number of nitriles is 1. The number of rotatable bonds is 5. The highest BCUT2D eigenvalue weighted by Gasteiger charge is 2.32. The number of amides is 2. The van der Waals surface area contributed by atoms with Crippen LogP contribution in [-0.4, -0.2) is 35.2 Å². The summed E-state index contributed by atoms with van der Waals surface area (Å²) >= 11 is 0. The average molecular weight is 427 g/mol. The molecule has 1 N–H and O–H groups in total. The molecule has 160 valence electrons. The van der Waals surface area contributed by atoms with Crippen LogP contribution in [0.15, 0.2) is 48.7 Å². The Morgan fingerprint density at radius 3 is 2.66 bits per heavy atom. The molecule has 2 amide bonds. The topological polar surface area (TPSA) is 100 Å². The molecule has 8 heteroatoms. The normalized spacial score (nSPS) is 15.1. The maximum Gasteiger partial charge on any atom is 0.277 e. The summed E-state index contributed by atoms with van der Waals surface area (Å²) in [7, 11) is 1.48. The Labute approximate surface area is 185 Å². The van der Waals surface area contributed by atoms with Crippen LogP contribution in [0.2, 0.25) is 0 Å². The number of benzene rings is 2. The second-order valence-electron chi connectivity index (χ2n) is 7.93. The van der Waals surface area contributed by atoms with Crippen molar-refractivity contribution in [2.24, 2.45) is 0 Å². The highest BCUT2D eigenvalue weighted by Crippen LogP contribution is 2.40. The van der Waals surface area contributed by atoms with Gasteiger partial charge >= 0.3 is 0 Å². The number of nitrogens with one attached hydrogen (secondary N) is 1. The van der Waals surface area contributed by atoms with Crippen molar-refractivity contribution in [2.75, 3.05) is 23.9 Å². The summed E-state index contributed by atoms with van der Waals surface area (Å²) < 4.78 is 6.71. The summed E-state index contributed by atoms with van der Waals surface area (Å²) in [6.45, 7) is 0.987. The predicted octanol–water partition coefficient (Wildman–Crippen LogP) is 3.55. The van der Waals surface area contributed by atoms with Gasteiger partial charge in [-0.3, -0.25) is 14.3 Å². The summed E-state index contributed by atoms with van der Waals surface area (Å²) in [6, 6.07) is 14.9. The molecule has 1 aliphatic carbocycles. The van der Waals surface area contributed by atoms with Crippen LogP contribution in [0.5, 0.6) is 5.75 Å². The molecule has 32 heavy (non-hydrogen) atoms. The molecule has 0 radical (unpaired) electrons. The van der Waals surface area contributed by atoms with Gasteiger partial charge in [0, 0.05) is 17.9 Å². The van der Waals surface area contributed by atoms with Crippen LogP contribution < -0.4 is 15.0 Å². The Balaban J connectivity index is 1.39. The van der Waals surface area contributed by atoms with Gasteiger partial charge in [-0.2, -0.15) is 10.4 Å². The van der Waals surface area contributed by atoms with Gasteiger partial charge < -0.3 is 15.0 Å². The number of ether oxygens (including phenoxy) is 1. The van der Waals surface area contributed by atoms with Crippen molar-refractivity contribution in [3.05, 3.63) is 71.0 Å². The number of carbonyl (C=O) groups excluding carboxylic acids is 2. The minimum absolute atomic E-state index is 0.198. The number of fused-ring (bicyclic) bond motifs is 1. The maximum absolute atomic E-state index is 13.3. The van der Waals surface area contributed by atoms with E-state index in [4.69, 9.17) is 4.74 Å². The van der Waals surface area contributed by atoms with E-state index in [0.29, 0.717) is 36.0 Å². The third-order valence-electron chi connectivity index (χ3n) is 5.90. The molecule has 5 rings (SSSR count). The van der Waals surface area contributed by atoms with E-state index >= 15 is 0 Å². The van der Waals surface area contributed by atoms with Gasteiger partial charge in [-0.1, -0.05) is 12.1 Å². The van der Waals surface area contributed by atoms with Gasteiger partial charge in [-0.15, -0.1) is 0 Å². The fourth-order valence-electron chi connectivity index (χ4n) is 4.03.